The minimum absolute atomic E-state index is 0.149. The molecule has 0 saturated heterocycles. The van der Waals surface area contributed by atoms with Gasteiger partial charge in [0.25, 0.3) is 5.90 Å². The van der Waals surface area contributed by atoms with Gasteiger partial charge in [-0.15, -0.1) is 0 Å². The molecule has 130 valence electrons. The summed E-state index contributed by atoms with van der Waals surface area (Å²) in [5.74, 6) is 1.23. The van der Waals surface area contributed by atoms with Crippen molar-refractivity contribution in [3.05, 3.63) is 52.0 Å². The monoisotopic (exact) mass is 405 g/mol. The summed E-state index contributed by atoms with van der Waals surface area (Å²) in [6.45, 7) is 4.80. The lowest BCUT2D eigenvalue weighted by atomic mass is 10.1. The van der Waals surface area contributed by atoms with Crippen LogP contribution in [0.2, 0.25) is 0 Å². The van der Waals surface area contributed by atoms with E-state index in [0.29, 0.717) is 30.5 Å². The molecule has 3 rings (SSSR count). The van der Waals surface area contributed by atoms with Crippen LogP contribution in [-0.2, 0) is 9.53 Å². The van der Waals surface area contributed by atoms with Crippen molar-refractivity contribution in [2.45, 2.75) is 13.8 Å². The topological polar surface area (TPSA) is 70.3 Å². The van der Waals surface area contributed by atoms with Crippen LogP contribution < -0.4 is 9.47 Å². The number of rotatable bonds is 6. The van der Waals surface area contributed by atoms with E-state index in [2.05, 4.69) is 20.9 Å². The highest BCUT2D eigenvalue weighted by molar-refractivity contribution is 9.10. The van der Waals surface area contributed by atoms with Crippen LogP contribution in [0, 0.1) is 0 Å². The Labute approximate surface area is 153 Å². The lowest BCUT2D eigenvalue weighted by molar-refractivity contribution is -0.130. The summed E-state index contributed by atoms with van der Waals surface area (Å²) in [5.41, 5.74) is 0.917. The number of halogens is 1. The molecule has 0 spiro atoms. The fourth-order valence-electron chi connectivity index (χ4n) is 2.29. The molecule has 0 N–H and O–H groups in total. The van der Waals surface area contributed by atoms with Gasteiger partial charge in [-0.1, -0.05) is 0 Å². The molecular weight excluding hydrogens is 390 g/mol. The third kappa shape index (κ3) is 3.76. The fourth-order valence-corrected chi connectivity index (χ4v) is 2.87. The number of furan rings is 1. The Bertz CT molecular complexity index is 839. The molecule has 0 aliphatic carbocycles. The summed E-state index contributed by atoms with van der Waals surface area (Å²) in [4.78, 5) is 16.2. The zero-order chi connectivity index (χ0) is 17.8. The van der Waals surface area contributed by atoms with Gasteiger partial charge in [0, 0.05) is 0 Å². The first-order valence-corrected chi connectivity index (χ1v) is 8.57. The average molecular weight is 406 g/mol. The second-order valence-corrected chi connectivity index (χ2v) is 5.86. The smallest absolute Gasteiger partial charge is 0.363 e. The Kier molecular flexibility index (Phi) is 5.23. The Morgan fingerprint density at radius 1 is 1.24 bits per heavy atom. The number of cyclic esters (lactones) is 1. The number of nitrogens with zero attached hydrogens (tertiary/aromatic N) is 1. The van der Waals surface area contributed by atoms with Gasteiger partial charge in [-0.2, -0.15) is 0 Å². The molecule has 1 aliphatic rings. The van der Waals surface area contributed by atoms with Crippen molar-refractivity contribution in [1.29, 1.82) is 0 Å². The largest absolute Gasteiger partial charge is 0.490 e. The van der Waals surface area contributed by atoms with Gasteiger partial charge >= 0.3 is 5.97 Å². The summed E-state index contributed by atoms with van der Waals surface area (Å²) >= 11 is 3.48. The maximum atomic E-state index is 12.0. The number of carbonyl (C=O) groups excluding carboxylic acids is 1. The molecule has 1 aromatic heterocycles. The molecular formula is C18H16BrNO5. The predicted molar refractivity (Wildman–Crippen MR) is 95.8 cm³/mol. The molecule has 2 heterocycles. The minimum Gasteiger partial charge on any atom is -0.490 e. The molecule has 1 aliphatic heterocycles. The Morgan fingerprint density at radius 2 is 2.04 bits per heavy atom. The van der Waals surface area contributed by atoms with Crippen LogP contribution in [0.5, 0.6) is 11.5 Å². The molecule has 25 heavy (non-hydrogen) atoms. The second kappa shape index (κ2) is 7.57. The zero-order valence-corrected chi connectivity index (χ0v) is 15.3. The standard InChI is InChI=1S/C18H16BrNO5/c1-3-22-15-10-11(8-12(19)16(15)23-4-2)9-13-18(21)25-17(20-13)14-6-5-7-24-14/h5-10H,3-4H2,1-2H3. The lowest BCUT2D eigenvalue weighted by Crippen LogP contribution is -2.04. The van der Waals surface area contributed by atoms with E-state index in [-0.39, 0.29) is 11.6 Å². The van der Waals surface area contributed by atoms with Crippen molar-refractivity contribution in [3.8, 4) is 11.5 Å². The van der Waals surface area contributed by atoms with Gasteiger partial charge in [0.1, 0.15) is 0 Å². The van der Waals surface area contributed by atoms with E-state index in [9.17, 15) is 4.79 Å². The number of carbonyl (C=O) groups is 1. The van der Waals surface area contributed by atoms with Crippen molar-refractivity contribution < 1.29 is 23.4 Å². The number of benzene rings is 1. The summed E-state index contributed by atoms with van der Waals surface area (Å²) < 4.78 is 22.3. The summed E-state index contributed by atoms with van der Waals surface area (Å²) in [6.07, 6.45) is 3.12. The Balaban J connectivity index is 1.96. The van der Waals surface area contributed by atoms with E-state index >= 15 is 0 Å². The van der Waals surface area contributed by atoms with Crippen LogP contribution in [0.3, 0.4) is 0 Å². The van der Waals surface area contributed by atoms with E-state index in [1.165, 1.54) is 6.26 Å². The first-order valence-electron chi connectivity index (χ1n) is 7.78. The average Bonchev–Trinajstić information content (AvgIpc) is 3.22. The van der Waals surface area contributed by atoms with Crippen molar-refractivity contribution in [2.75, 3.05) is 13.2 Å². The van der Waals surface area contributed by atoms with Crippen molar-refractivity contribution >= 4 is 33.9 Å². The number of aliphatic imine (C=N–C) groups is 1. The van der Waals surface area contributed by atoms with E-state index in [1.54, 1.807) is 24.3 Å². The summed E-state index contributed by atoms with van der Waals surface area (Å²) in [6, 6.07) is 7.00. The van der Waals surface area contributed by atoms with Crippen molar-refractivity contribution in [2.24, 2.45) is 4.99 Å². The fraction of sp³-hybridized carbons (Fsp3) is 0.222. The third-order valence-electron chi connectivity index (χ3n) is 3.28. The van der Waals surface area contributed by atoms with Gasteiger partial charge in [-0.25, -0.2) is 9.79 Å². The molecule has 0 unspecified atom stereocenters. The van der Waals surface area contributed by atoms with Crippen LogP contribution in [0.15, 0.2) is 50.1 Å². The molecule has 6 nitrogen and oxygen atoms in total. The van der Waals surface area contributed by atoms with Crippen LogP contribution >= 0.6 is 15.9 Å². The first-order chi connectivity index (χ1) is 12.1. The molecule has 0 fully saturated rings. The van der Waals surface area contributed by atoms with E-state index in [0.717, 1.165) is 10.0 Å². The Hall–Kier alpha value is -2.54. The molecule has 7 heteroatoms. The Morgan fingerprint density at radius 3 is 2.72 bits per heavy atom. The van der Waals surface area contributed by atoms with E-state index in [1.807, 2.05) is 19.9 Å². The van der Waals surface area contributed by atoms with Crippen LogP contribution in [0.4, 0.5) is 0 Å². The number of hydrogen-bond donors (Lipinski definition) is 0. The molecule has 0 bridgehead atoms. The van der Waals surface area contributed by atoms with Crippen LogP contribution in [0.25, 0.3) is 6.08 Å². The second-order valence-electron chi connectivity index (χ2n) is 5.01. The van der Waals surface area contributed by atoms with E-state index < -0.39 is 5.97 Å². The van der Waals surface area contributed by atoms with Crippen molar-refractivity contribution in [1.82, 2.24) is 0 Å². The maximum Gasteiger partial charge on any atom is 0.363 e. The number of hydrogen-bond acceptors (Lipinski definition) is 6. The first kappa shape index (κ1) is 17.3. The normalized spacial score (nSPS) is 15.2. The van der Waals surface area contributed by atoms with Crippen molar-refractivity contribution in [3.63, 3.8) is 0 Å². The van der Waals surface area contributed by atoms with Gasteiger partial charge in [-0.3, -0.25) is 0 Å². The zero-order valence-electron chi connectivity index (χ0n) is 13.7. The summed E-state index contributed by atoms with van der Waals surface area (Å²) in [5, 5.41) is 0. The van der Waals surface area contributed by atoms with Crippen LogP contribution in [0.1, 0.15) is 25.2 Å². The van der Waals surface area contributed by atoms with Gasteiger partial charge in [0.05, 0.1) is 23.9 Å². The highest BCUT2D eigenvalue weighted by atomic mass is 79.9. The van der Waals surface area contributed by atoms with Gasteiger partial charge < -0.3 is 18.6 Å². The molecule has 0 radical (unpaired) electrons. The lowest BCUT2D eigenvalue weighted by Gasteiger charge is -2.13. The SMILES string of the molecule is CCOc1cc(C=C2N=C(c3ccco3)OC2=O)cc(Br)c1OCC. The molecule has 0 atom stereocenters. The molecule has 2 aromatic rings. The summed E-state index contributed by atoms with van der Waals surface area (Å²) in [7, 11) is 0. The minimum atomic E-state index is -0.533. The van der Waals surface area contributed by atoms with Gasteiger partial charge in [0.2, 0.25) is 0 Å². The van der Waals surface area contributed by atoms with Gasteiger partial charge in [-0.05, 0) is 65.7 Å². The highest BCUT2D eigenvalue weighted by Crippen LogP contribution is 2.37. The van der Waals surface area contributed by atoms with Crippen LogP contribution in [-0.4, -0.2) is 25.1 Å². The third-order valence-corrected chi connectivity index (χ3v) is 3.87. The molecule has 0 saturated carbocycles. The number of esters is 1. The highest BCUT2D eigenvalue weighted by Gasteiger charge is 2.26. The predicted octanol–water partition coefficient (Wildman–Crippen LogP) is 4.18. The number of ether oxygens (including phenoxy) is 3. The quantitative estimate of drug-likeness (QED) is 0.532. The molecule has 1 aromatic carbocycles. The van der Waals surface area contributed by atoms with Gasteiger partial charge in [0.15, 0.2) is 23.0 Å². The molecule has 0 amide bonds. The van der Waals surface area contributed by atoms with E-state index in [4.69, 9.17) is 18.6 Å². The maximum absolute atomic E-state index is 12.0.